The Balaban J connectivity index is 1.31. The summed E-state index contributed by atoms with van der Waals surface area (Å²) in [7, 11) is 0. The maximum Gasteiger partial charge on any atom is 0.205 e. The summed E-state index contributed by atoms with van der Waals surface area (Å²) < 4.78 is 0. The maximum atomic E-state index is 4.90. The third-order valence-electron chi connectivity index (χ3n) is 6.69. The van der Waals surface area contributed by atoms with E-state index in [4.69, 9.17) is 4.98 Å². The molecule has 1 fully saturated rings. The van der Waals surface area contributed by atoms with Gasteiger partial charge in [0.15, 0.2) is 5.82 Å². The molecule has 7 nitrogen and oxygen atoms in total. The Morgan fingerprint density at radius 3 is 2.45 bits per heavy atom. The van der Waals surface area contributed by atoms with Crippen LogP contribution in [0.3, 0.4) is 0 Å². The highest BCUT2D eigenvalue weighted by molar-refractivity contribution is 7.80. The predicted molar refractivity (Wildman–Crippen MR) is 132 cm³/mol. The van der Waals surface area contributed by atoms with Gasteiger partial charge in [0, 0.05) is 17.9 Å². The van der Waals surface area contributed by atoms with Crippen molar-refractivity contribution in [1.82, 2.24) is 35.8 Å². The van der Waals surface area contributed by atoms with Crippen LogP contribution in [0.25, 0.3) is 22.5 Å². The molecule has 1 aliphatic carbocycles. The molecule has 4 aromatic rings. The van der Waals surface area contributed by atoms with Gasteiger partial charge in [-0.15, -0.1) is 10.2 Å². The summed E-state index contributed by atoms with van der Waals surface area (Å²) in [6, 6.07) is 16.7. The number of thiol groups is 1. The molecule has 0 bridgehead atoms. The van der Waals surface area contributed by atoms with E-state index in [9.17, 15) is 0 Å². The highest BCUT2D eigenvalue weighted by Crippen LogP contribution is 2.37. The first-order chi connectivity index (χ1) is 16.3. The highest BCUT2D eigenvalue weighted by Gasteiger charge is 2.27. The van der Waals surface area contributed by atoms with Gasteiger partial charge in [-0.1, -0.05) is 67.8 Å². The summed E-state index contributed by atoms with van der Waals surface area (Å²) in [5.41, 5.74) is 4.34. The van der Waals surface area contributed by atoms with E-state index >= 15 is 0 Å². The van der Waals surface area contributed by atoms with Gasteiger partial charge in [0.25, 0.3) is 0 Å². The van der Waals surface area contributed by atoms with Crippen molar-refractivity contribution in [3.05, 3.63) is 65.7 Å². The van der Waals surface area contributed by atoms with Crippen LogP contribution in [0.2, 0.25) is 0 Å². The molecule has 1 atom stereocenters. The van der Waals surface area contributed by atoms with Gasteiger partial charge in [-0.05, 0) is 52.8 Å². The van der Waals surface area contributed by atoms with Crippen LogP contribution in [0, 0.1) is 5.92 Å². The van der Waals surface area contributed by atoms with Crippen LogP contribution in [0.4, 0.5) is 0 Å². The zero-order valence-corrected chi connectivity index (χ0v) is 19.5. The lowest BCUT2D eigenvalue weighted by molar-refractivity contribution is 0.293. The zero-order valence-electron chi connectivity index (χ0n) is 18.6. The average molecular weight is 460 g/mol. The van der Waals surface area contributed by atoms with E-state index in [1.54, 1.807) is 0 Å². The van der Waals surface area contributed by atoms with Gasteiger partial charge in [-0.2, -0.15) is 22.9 Å². The zero-order chi connectivity index (χ0) is 22.5. The van der Waals surface area contributed by atoms with Crippen LogP contribution < -0.4 is 0 Å². The number of nitrogens with one attached hydrogen (secondary N) is 2. The third-order valence-corrected chi connectivity index (χ3v) is 6.95. The lowest BCUT2D eigenvalue weighted by Gasteiger charge is -2.28. The Kier molecular flexibility index (Phi) is 6.81. The van der Waals surface area contributed by atoms with E-state index in [0.29, 0.717) is 17.7 Å². The van der Waals surface area contributed by atoms with E-state index in [1.165, 1.54) is 37.7 Å². The molecule has 8 heteroatoms. The Morgan fingerprint density at radius 1 is 0.939 bits per heavy atom. The minimum Gasteiger partial charge on any atom is -0.263 e. The molecule has 0 saturated heterocycles. The van der Waals surface area contributed by atoms with Crippen molar-refractivity contribution >= 4 is 12.6 Å². The van der Waals surface area contributed by atoms with Crippen LogP contribution in [-0.4, -0.2) is 41.6 Å². The van der Waals surface area contributed by atoms with Crippen molar-refractivity contribution in [3.63, 3.8) is 0 Å². The first-order valence-corrected chi connectivity index (χ1v) is 12.4. The summed E-state index contributed by atoms with van der Waals surface area (Å²) >= 11 is 4.50. The van der Waals surface area contributed by atoms with Crippen molar-refractivity contribution in [1.29, 1.82) is 0 Å². The second-order valence-corrected chi connectivity index (χ2v) is 9.26. The molecule has 0 radical (unpaired) electrons. The van der Waals surface area contributed by atoms with Gasteiger partial charge in [0.2, 0.25) is 5.82 Å². The predicted octanol–water partition coefficient (Wildman–Crippen LogP) is 5.23. The molecular weight excluding hydrogens is 430 g/mol. The Morgan fingerprint density at radius 2 is 1.73 bits per heavy atom. The topological polar surface area (TPSA) is 96.0 Å². The van der Waals surface area contributed by atoms with Crippen LogP contribution in [0.5, 0.6) is 0 Å². The molecule has 2 N–H and O–H groups in total. The van der Waals surface area contributed by atoms with Crippen molar-refractivity contribution in [2.24, 2.45) is 5.92 Å². The van der Waals surface area contributed by atoms with Gasteiger partial charge in [0.05, 0.1) is 0 Å². The number of rotatable bonds is 8. The molecule has 1 saturated carbocycles. The van der Waals surface area contributed by atoms with Crippen LogP contribution in [0.1, 0.15) is 61.7 Å². The highest BCUT2D eigenvalue weighted by atomic mass is 32.1. The number of hydrogen-bond donors (Lipinski definition) is 3. The van der Waals surface area contributed by atoms with E-state index in [-0.39, 0.29) is 0 Å². The minimum absolute atomic E-state index is 0.414. The molecule has 0 spiro atoms. The van der Waals surface area contributed by atoms with Crippen LogP contribution in [-0.2, 0) is 6.42 Å². The summed E-state index contributed by atoms with van der Waals surface area (Å²) in [6.45, 7) is 0. The minimum atomic E-state index is 0.414. The van der Waals surface area contributed by atoms with Gasteiger partial charge in [-0.25, -0.2) is 4.98 Å². The fraction of sp³-hybridized carbons (Fsp3) is 0.400. The summed E-state index contributed by atoms with van der Waals surface area (Å²) in [5.74, 6) is 4.46. The Hall–Kier alpha value is -3.00. The molecule has 5 rings (SSSR count). The first kappa shape index (κ1) is 21.8. The summed E-state index contributed by atoms with van der Waals surface area (Å²) in [6.07, 6.45) is 8.36. The largest absolute Gasteiger partial charge is 0.263 e. The number of benzene rings is 2. The van der Waals surface area contributed by atoms with Gasteiger partial charge in [0.1, 0.15) is 5.82 Å². The Labute approximate surface area is 199 Å². The SMILES string of the molecule is SCCC(c1n[nH]c(Cc2ccc(-c3ccccc3-c3nn[nH]n3)cc2)n1)C1CCCCC1. The number of H-pyrrole nitrogens is 2. The smallest absolute Gasteiger partial charge is 0.205 e. The standard InChI is InChI=1S/C25H29N7S/c33-15-14-21(18-6-2-1-3-7-18)24-26-23(27-28-24)16-17-10-12-19(13-11-17)20-8-4-5-9-22(20)25-29-31-32-30-25/h4-5,8-13,18,21,33H,1-3,6-7,14-16H2,(H,26,27,28)(H,29,30,31,32). The van der Waals surface area contributed by atoms with Crippen molar-refractivity contribution in [3.8, 4) is 22.5 Å². The van der Waals surface area contributed by atoms with E-state index in [1.807, 2.05) is 18.2 Å². The second-order valence-electron chi connectivity index (χ2n) is 8.81. The molecule has 0 aliphatic heterocycles. The molecular formula is C25H29N7S. The molecule has 33 heavy (non-hydrogen) atoms. The molecule has 1 unspecified atom stereocenters. The van der Waals surface area contributed by atoms with Crippen LogP contribution >= 0.6 is 12.6 Å². The lowest BCUT2D eigenvalue weighted by atomic mass is 9.78. The molecule has 0 amide bonds. The monoisotopic (exact) mass is 459 g/mol. The van der Waals surface area contributed by atoms with Crippen molar-refractivity contribution in [2.75, 3.05) is 5.75 Å². The first-order valence-electron chi connectivity index (χ1n) is 11.8. The van der Waals surface area contributed by atoms with Crippen molar-refractivity contribution < 1.29 is 0 Å². The Bertz CT molecular complexity index is 1150. The van der Waals surface area contributed by atoms with E-state index < -0.39 is 0 Å². The summed E-state index contributed by atoms with van der Waals surface area (Å²) in [5, 5.41) is 22.3. The van der Waals surface area contributed by atoms with Crippen molar-refractivity contribution in [2.45, 2.75) is 50.9 Å². The molecule has 1 aliphatic rings. The van der Waals surface area contributed by atoms with Gasteiger partial charge < -0.3 is 0 Å². The summed E-state index contributed by atoms with van der Waals surface area (Å²) in [4.78, 5) is 4.90. The number of aromatic nitrogens is 7. The lowest BCUT2D eigenvalue weighted by Crippen LogP contribution is -2.18. The van der Waals surface area contributed by atoms with Gasteiger partial charge in [-0.3, -0.25) is 5.10 Å². The maximum absolute atomic E-state index is 4.90. The van der Waals surface area contributed by atoms with E-state index in [0.717, 1.165) is 46.9 Å². The molecule has 2 heterocycles. The quantitative estimate of drug-likeness (QED) is 0.314. The number of aromatic amines is 2. The molecule has 170 valence electrons. The fourth-order valence-electron chi connectivity index (χ4n) is 5.01. The normalized spacial score (nSPS) is 15.5. The van der Waals surface area contributed by atoms with Gasteiger partial charge >= 0.3 is 0 Å². The average Bonchev–Trinajstić information content (AvgIpc) is 3.56. The second kappa shape index (κ2) is 10.3. The third kappa shape index (κ3) is 5.00. The number of nitrogens with zero attached hydrogens (tertiary/aromatic N) is 5. The number of tetrazole rings is 1. The molecule has 2 aromatic carbocycles. The number of hydrogen-bond acceptors (Lipinski definition) is 6. The van der Waals surface area contributed by atoms with E-state index in [2.05, 4.69) is 73.8 Å². The molecule has 2 aromatic heterocycles. The van der Waals surface area contributed by atoms with Crippen LogP contribution in [0.15, 0.2) is 48.5 Å². The fourth-order valence-corrected chi connectivity index (χ4v) is 5.29.